The van der Waals surface area contributed by atoms with Crippen molar-refractivity contribution < 1.29 is 4.79 Å². The second kappa shape index (κ2) is 6.71. The zero-order valence-electron chi connectivity index (χ0n) is 11.9. The van der Waals surface area contributed by atoms with Crippen molar-refractivity contribution in [3.8, 4) is 0 Å². The summed E-state index contributed by atoms with van der Waals surface area (Å²) < 4.78 is 0. The third kappa shape index (κ3) is 3.80. The Labute approximate surface area is 116 Å². The Hall–Kier alpha value is -1.35. The molecule has 0 aliphatic carbocycles. The van der Waals surface area contributed by atoms with E-state index < -0.39 is 0 Å². The van der Waals surface area contributed by atoms with E-state index in [2.05, 4.69) is 30.3 Å². The zero-order valence-corrected chi connectivity index (χ0v) is 11.9. The van der Waals surface area contributed by atoms with Crippen molar-refractivity contribution in [2.75, 3.05) is 18.9 Å². The smallest absolute Gasteiger partial charge is 0.211 e. The molecule has 0 radical (unpaired) electrons. The number of likely N-dealkylation sites (tertiary alicyclic amines) is 1. The predicted molar refractivity (Wildman–Crippen MR) is 79.3 cm³/mol. The molecule has 1 aliphatic heterocycles. The highest BCUT2D eigenvalue weighted by Crippen LogP contribution is 2.25. The lowest BCUT2D eigenvalue weighted by atomic mass is 9.91. The number of hydrogen-bond acceptors (Lipinski definition) is 2. The van der Waals surface area contributed by atoms with Gasteiger partial charge in [0.05, 0.1) is 0 Å². The lowest BCUT2D eigenvalue weighted by Crippen LogP contribution is -2.40. The second-order valence-electron chi connectivity index (χ2n) is 5.73. The summed E-state index contributed by atoms with van der Waals surface area (Å²) in [4.78, 5) is 13.1. The average molecular weight is 260 g/mol. The number of rotatable bonds is 5. The number of aryl methyl sites for hydroxylation is 1. The van der Waals surface area contributed by atoms with Crippen LogP contribution in [0, 0.1) is 5.92 Å². The number of piperidine rings is 1. The maximum Gasteiger partial charge on any atom is 0.211 e. The van der Waals surface area contributed by atoms with E-state index in [9.17, 15) is 4.79 Å². The van der Waals surface area contributed by atoms with Gasteiger partial charge in [-0.05, 0) is 50.3 Å². The number of carbonyl (C=O) groups excluding carboxylic acids is 1. The molecule has 0 saturated carbocycles. The highest BCUT2D eigenvalue weighted by atomic mass is 16.1. The van der Waals surface area contributed by atoms with E-state index in [0.717, 1.165) is 24.4 Å². The minimum atomic E-state index is 0.681. The van der Waals surface area contributed by atoms with Gasteiger partial charge < -0.3 is 10.2 Å². The van der Waals surface area contributed by atoms with Crippen molar-refractivity contribution >= 4 is 12.1 Å². The van der Waals surface area contributed by atoms with Crippen LogP contribution in [0.25, 0.3) is 0 Å². The molecule has 1 aliphatic rings. The normalized spacial score (nSPS) is 24.1. The molecule has 1 heterocycles. The van der Waals surface area contributed by atoms with E-state index in [-0.39, 0.29) is 0 Å². The number of para-hydroxylation sites is 1. The molecule has 1 aromatic rings. The van der Waals surface area contributed by atoms with Crippen LogP contribution in [0.3, 0.4) is 0 Å². The molecule has 1 N–H and O–H groups in total. The molecular formula is C16H24N2O. The van der Waals surface area contributed by atoms with E-state index in [1.807, 2.05) is 18.2 Å². The second-order valence-corrected chi connectivity index (χ2v) is 5.73. The zero-order chi connectivity index (χ0) is 13.7. The van der Waals surface area contributed by atoms with Crippen LogP contribution < -0.4 is 5.32 Å². The first-order valence-corrected chi connectivity index (χ1v) is 7.19. The lowest BCUT2D eigenvalue weighted by Gasteiger charge is -2.36. The molecule has 2 rings (SSSR count). The quantitative estimate of drug-likeness (QED) is 0.826. The Bertz CT molecular complexity index is 419. The third-order valence-electron chi connectivity index (χ3n) is 4.19. The summed E-state index contributed by atoms with van der Waals surface area (Å²) in [6.07, 6.45) is 5.58. The Morgan fingerprint density at radius 3 is 2.89 bits per heavy atom. The molecule has 2 unspecified atom stereocenters. The maximum atomic E-state index is 10.6. The molecular weight excluding hydrogens is 236 g/mol. The van der Waals surface area contributed by atoms with Gasteiger partial charge in [0, 0.05) is 18.3 Å². The van der Waals surface area contributed by atoms with E-state index in [1.54, 1.807) is 0 Å². The molecule has 1 fully saturated rings. The van der Waals surface area contributed by atoms with Gasteiger partial charge in [-0.15, -0.1) is 0 Å². The Balaban J connectivity index is 1.93. The van der Waals surface area contributed by atoms with E-state index in [1.165, 1.54) is 31.4 Å². The maximum absolute atomic E-state index is 10.6. The summed E-state index contributed by atoms with van der Waals surface area (Å²) in [5.74, 6) is 0.824. The minimum Gasteiger partial charge on any atom is -0.328 e. The fourth-order valence-corrected chi connectivity index (χ4v) is 3.06. The predicted octanol–water partition coefficient (Wildman–Crippen LogP) is 2.92. The Morgan fingerprint density at radius 2 is 2.16 bits per heavy atom. The van der Waals surface area contributed by atoms with Crippen LogP contribution in [0.1, 0.15) is 31.7 Å². The fourth-order valence-electron chi connectivity index (χ4n) is 3.06. The summed E-state index contributed by atoms with van der Waals surface area (Å²) in [6, 6.07) is 8.76. The van der Waals surface area contributed by atoms with E-state index >= 15 is 0 Å². The van der Waals surface area contributed by atoms with Gasteiger partial charge in [0.25, 0.3) is 0 Å². The van der Waals surface area contributed by atoms with Gasteiger partial charge in [-0.1, -0.05) is 25.1 Å². The first-order chi connectivity index (χ1) is 9.20. The van der Waals surface area contributed by atoms with Gasteiger partial charge in [-0.2, -0.15) is 0 Å². The molecule has 3 nitrogen and oxygen atoms in total. The molecule has 0 spiro atoms. The summed E-state index contributed by atoms with van der Waals surface area (Å²) in [6.45, 7) is 3.54. The van der Waals surface area contributed by atoms with Crippen LogP contribution in [0.5, 0.6) is 0 Å². The van der Waals surface area contributed by atoms with Crippen molar-refractivity contribution in [3.63, 3.8) is 0 Å². The number of benzene rings is 1. The molecule has 2 atom stereocenters. The highest BCUT2D eigenvalue weighted by molar-refractivity contribution is 5.73. The first-order valence-electron chi connectivity index (χ1n) is 7.19. The van der Waals surface area contributed by atoms with Gasteiger partial charge in [0.2, 0.25) is 6.41 Å². The molecule has 0 bridgehead atoms. The standard InChI is InChI=1S/C16H24N2O/c1-13-7-9-15(18(2)11-13)10-8-14-5-3-4-6-16(14)17-12-19/h3-6,12-13,15H,7-11H2,1-2H3,(H,17,19). The number of amides is 1. The van der Waals surface area contributed by atoms with Crippen LogP contribution in [-0.2, 0) is 11.2 Å². The molecule has 1 aromatic carbocycles. The Morgan fingerprint density at radius 1 is 1.37 bits per heavy atom. The monoisotopic (exact) mass is 260 g/mol. The van der Waals surface area contributed by atoms with E-state index in [0.29, 0.717) is 6.04 Å². The average Bonchev–Trinajstić information content (AvgIpc) is 2.40. The molecule has 1 saturated heterocycles. The van der Waals surface area contributed by atoms with Crippen molar-refractivity contribution in [3.05, 3.63) is 29.8 Å². The van der Waals surface area contributed by atoms with Crippen LogP contribution in [0.4, 0.5) is 5.69 Å². The molecule has 0 aromatic heterocycles. The first kappa shape index (κ1) is 14.1. The van der Waals surface area contributed by atoms with Gasteiger partial charge >= 0.3 is 0 Å². The highest BCUT2D eigenvalue weighted by Gasteiger charge is 2.22. The number of nitrogens with zero attached hydrogens (tertiary/aromatic N) is 1. The van der Waals surface area contributed by atoms with Gasteiger partial charge in [0.15, 0.2) is 0 Å². The lowest BCUT2D eigenvalue weighted by molar-refractivity contribution is -0.105. The molecule has 19 heavy (non-hydrogen) atoms. The topological polar surface area (TPSA) is 32.3 Å². The number of nitrogens with one attached hydrogen (secondary N) is 1. The van der Waals surface area contributed by atoms with Gasteiger partial charge in [0.1, 0.15) is 0 Å². The van der Waals surface area contributed by atoms with Crippen molar-refractivity contribution in [1.82, 2.24) is 4.90 Å². The number of hydrogen-bond donors (Lipinski definition) is 1. The van der Waals surface area contributed by atoms with Crippen molar-refractivity contribution in [2.45, 2.75) is 38.6 Å². The van der Waals surface area contributed by atoms with Crippen molar-refractivity contribution in [1.29, 1.82) is 0 Å². The van der Waals surface area contributed by atoms with Crippen LogP contribution in [0.15, 0.2) is 24.3 Å². The van der Waals surface area contributed by atoms with Crippen LogP contribution in [0.2, 0.25) is 0 Å². The van der Waals surface area contributed by atoms with E-state index in [4.69, 9.17) is 0 Å². The summed E-state index contributed by atoms with van der Waals surface area (Å²) in [5, 5.41) is 2.79. The summed E-state index contributed by atoms with van der Waals surface area (Å²) >= 11 is 0. The largest absolute Gasteiger partial charge is 0.328 e. The van der Waals surface area contributed by atoms with Crippen molar-refractivity contribution in [2.24, 2.45) is 5.92 Å². The van der Waals surface area contributed by atoms with Crippen LogP contribution in [-0.4, -0.2) is 30.9 Å². The molecule has 104 valence electrons. The van der Waals surface area contributed by atoms with Crippen LogP contribution >= 0.6 is 0 Å². The molecule has 3 heteroatoms. The Kier molecular flexibility index (Phi) is 4.97. The fraction of sp³-hybridized carbons (Fsp3) is 0.562. The minimum absolute atomic E-state index is 0.681. The number of anilines is 1. The third-order valence-corrected chi connectivity index (χ3v) is 4.19. The van der Waals surface area contributed by atoms with Gasteiger partial charge in [-0.25, -0.2) is 0 Å². The summed E-state index contributed by atoms with van der Waals surface area (Å²) in [5.41, 5.74) is 2.19. The SMILES string of the molecule is CC1CCC(CCc2ccccc2NC=O)N(C)C1. The summed E-state index contributed by atoms with van der Waals surface area (Å²) in [7, 11) is 2.23. The molecule has 1 amide bonds. The number of carbonyl (C=O) groups is 1. The van der Waals surface area contributed by atoms with Gasteiger partial charge in [-0.3, -0.25) is 4.79 Å².